The molecule has 1 aliphatic rings. The third kappa shape index (κ3) is 4.40. The molecule has 7 heteroatoms. The number of rotatable bonds is 7. The molecule has 1 fully saturated rings. The third-order valence-electron chi connectivity index (χ3n) is 5.26. The Labute approximate surface area is 164 Å². The Morgan fingerprint density at radius 1 is 1.36 bits per heavy atom. The lowest BCUT2D eigenvalue weighted by molar-refractivity contribution is -0.132. The van der Waals surface area contributed by atoms with Gasteiger partial charge in [0.05, 0.1) is 12.7 Å². The summed E-state index contributed by atoms with van der Waals surface area (Å²) in [5.74, 6) is 0.365. The van der Waals surface area contributed by atoms with Gasteiger partial charge in [-0.1, -0.05) is 6.92 Å². The first kappa shape index (κ1) is 20.0. The topological polar surface area (TPSA) is 64.4 Å². The van der Waals surface area contributed by atoms with Crippen molar-refractivity contribution < 1.29 is 18.7 Å². The number of ketones is 1. The lowest BCUT2D eigenvalue weighted by atomic mass is 9.89. The summed E-state index contributed by atoms with van der Waals surface area (Å²) < 4.78 is 20.8. The molecule has 0 N–H and O–H groups in total. The minimum absolute atomic E-state index is 0.0273. The number of methoxy groups -OCH3 is 1. The maximum atomic E-state index is 13.6. The summed E-state index contributed by atoms with van der Waals surface area (Å²) in [4.78, 5) is 31.6. The number of piperidine rings is 1. The molecule has 0 saturated carbocycles. The maximum absolute atomic E-state index is 13.6. The molecule has 150 valence electrons. The van der Waals surface area contributed by atoms with E-state index in [4.69, 9.17) is 4.74 Å². The third-order valence-corrected chi connectivity index (χ3v) is 5.26. The molecule has 2 heterocycles. The smallest absolute Gasteiger partial charge is 0.224 e. The molecule has 2 aromatic rings. The monoisotopic (exact) mass is 387 g/mol. The molecule has 1 amide bonds. The van der Waals surface area contributed by atoms with Gasteiger partial charge in [-0.15, -0.1) is 0 Å². The van der Waals surface area contributed by atoms with E-state index < -0.39 is 5.82 Å². The van der Waals surface area contributed by atoms with E-state index in [-0.39, 0.29) is 23.2 Å². The predicted octanol–water partition coefficient (Wildman–Crippen LogP) is 3.10. The van der Waals surface area contributed by atoms with Crippen molar-refractivity contribution in [2.24, 2.45) is 5.92 Å². The zero-order valence-corrected chi connectivity index (χ0v) is 16.4. The second kappa shape index (κ2) is 8.99. The highest BCUT2D eigenvalue weighted by atomic mass is 19.1. The zero-order chi connectivity index (χ0) is 20.1. The molecule has 1 aromatic carbocycles. The predicted molar refractivity (Wildman–Crippen MR) is 103 cm³/mol. The standard InChI is InChI=1S/C21H26FN3O3/c1-3-19-23-9-12-24(19)11-8-20(26)25-10-4-5-15(14-25)21(27)17-13-16(22)6-7-18(17)28-2/h6-7,9,12-13,15H,3-5,8,10-11,14H2,1-2H3/t15-/m0/s1. The van der Waals surface area contributed by atoms with E-state index in [2.05, 4.69) is 4.98 Å². The highest BCUT2D eigenvalue weighted by Gasteiger charge is 2.30. The molecule has 0 aliphatic carbocycles. The summed E-state index contributed by atoms with van der Waals surface area (Å²) in [5.41, 5.74) is 0.243. The molecule has 0 bridgehead atoms. The van der Waals surface area contributed by atoms with Crippen molar-refractivity contribution in [1.29, 1.82) is 0 Å². The van der Waals surface area contributed by atoms with Crippen LogP contribution in [0, 0.1) is 11.7 Å². The first-order valence-corrected chi connectivity index (χ1v) is 9.69. The van der Waals surface area contributed by atoms with E-state index in [1.54, 1.807) is 11.1 Å². The molecule has 3 rings (SSSR count). The molecule has 28 heavy (non-hydrogen) atoms. The number of likely N-dealkylation sites (tertiary alicyclic amines) is 1. The van der Waals surface area contributed by atoms with Crippen LogP contribution >= 0.6 is 0 Å². The Bertz CT molecular complexity index is 849. The van der Waals surface area contributed by atoms with Crippen LogP contribution < -0.4 is 4.74 Å². The van der Waals surface area contributed by atoms with Gasteiger partial charge in [0, 0.05) is 50.8 Å². The number of carbonyl (C=O) groups excluding carboxylic acids is 2. The second-order valence-electron chi connectivity index (χ2n) is 7.03. The molecule has 0 spiro atoms. The molecular weight excluding hydrogens is 361 g/mol. The fraction of sp³-hybridized carbons (Fsp3) is 0.476. The zero-order valence-electron chi connectivity index (χ0n) is 16.4. The van der Waals surface area contributed by atoms with Crippen LogP contribution in [0.25, 0.3) is 0 Å². The molecule has 0 radical (unpaired) electrons. The van der Waals surface area contributed by atoms with E-state index in [1.165, 1.54) is 25.3 Å². The summed E-state index contributed by atoms with van der Waals surface area (Å²) >= 11 is 0. The number of halogens is 1. The number of aromatic nitrogens is 2. The van der Waals surface area contributed by atoms with Crippen LogP contribution in [-0.2, 0) is 17.8 Å². The average Bonchev–Trinajstić information content (AvgIpc) is 3.19. The van der Waals surface area contributed by atoms with E-state index in [0.29, 0.717) is 38.2 Å². The fourth-order valence-corrected chi connectivity index (χ4v) is 3.74. The summed E-state index contributed by atoms with van der Waals surface area (Å²) in [6.45, 7) is 3.62. The SMILES string of the molecule is CCc1nccn1CCC(=O)N1CCC[C@H](C(=O)c2cc(F)ccc2OC)C1. The van der Waals surface area contributed by atoms with Crippen molar-refractivity contribution in [1.82, 2.24) is 14.5 Å². The molecular formula is C21H26FN3O3. The van der Waals surface area contributed by atoms with E-state index in [9.17, 15) is 14.0 Å². The van der Waals surface area contributed by atoms with Crippen molar-refractivity contribution in [2.75, 3.05) is 20.2 Å². The van der Waals surface area contributed by atoms with Gasteiger partial charge in [0.15, 0.2) is 5.78 Å². The van der Waals surface area contributed by atoms with Crippen LogP contribution in [0.2, 0.25) is 0 Å². The number of Topliss-reactive ketones (excluding diaryl/α,β-unsaturated/α-hetero) is 1. The van der Waals surface area contributed by atoms with Crippen LogP contribution in [0.15, 0.2) is 30.6 Å². The number of ether oxygens (including phenoxy) is 1. The van der Waals surface area contributed by atoms with Gasteiger partial charge in [0.1, 0.15) is 17.4 Å². The van der Waals surface area contributed by atoms with Gasteiger partial charge >= 0.3 is 0 Å². The van der Waals surface area contributed by atoms with Crippen LogP contribution in [0.1, 0.15) is 42.4 Å². The highest BCUT2D eigenvalue weighted by Crippen LogP contribution is 2.27. The van der Waals surface area contributed by atoms with Crippen LogP contribution in [-0.4, -0.2) is 46.3 Å². The van der Waals surface area contributed by atoms with Crippen molar-refractivity contribution in [3.05, 3.63) is 47.8 Å². The summed E-state index contributed by atoms with van der Waals surface area (Å²) in [6.07, 6.45) is 6.25. The van der Waals surface area contributed by atoms with E-state index >= 15 is 0 Å². The quantitative estimate of drug-likeness (QED) is 0.685. The Balaban J connectivity index is 1.64. The minimum atomic E-state index is -0.472. The molecule has 1 saturated heterocycles. The summed E-state index contributed by atoms with van der Waals surface area (Å²) in [5, 5.41) is 0. The van der Waals surface area contributed by atoms with Crippen molar-refractivity contribution in [3.8, 4) is 5.75 Å². The number of imidazole rings is 1. The lowest BCUT2D eigenvalue weighted by Gasteiger charge is -2.32. The van der Waals surface area contributed by atoms with Crippen molar-refractivity contribution in [2.45, 2.75) is 39.2 Å². The molecule has 6 nitrogen and oxygen atoms in total. The number of amides is 1. The fourth-order valence-electron chi connectivity index (χ4n) is 3.74. The first-order chi connectivity index (χ1) is 13.5. The summed E-state index contributed by atoms with van der Waals surface area (Å²) in [7, 11) is 1.46. The van der Waals surface area contributed by atoms with Gasteiger partial charge in [-0.25, -0.2) is 9.37 Å². The average molecular weight is 387 g/mol. The normalized spacial score (nSPS) is 16.8. The first-order valence-electron chi connectivity index (χ1n) is 9.69. The number of nitrogens with zero attached hydrogens (tertiary/aromatic N) is 3. The van der Waals surface area contributed by atoms with Gasteiger partial charge in [0.2, 0.25) is 5.91 Å². The Morgan fingerprint density at radius 3 is 2.93 bits per heavy atom. The molecule has 1 aliphatic heterocycles. The number of aryl methyl sites for hydroxylation is 2. The Kier molecular flexibility index (Phi) is 6.44. The summed E-state index contributed by atoms with van der Waals surface area (Å²) in [6, 6.07) is 3.95. The van der Waals surface area contributed by atoms with Crippen LogP contribution in [0.4, 0.5) is 4.39 Å². The van der Waals surface area contributed by atoms with E-state index in [0.717, 1.165) is 18.7 Å². The second-order valence-corrected chi connectivity index (χ2v) is 7.03. The van der Waals surface area contributed by atoms with Gasteiger partial charge in [-0.05, 0) is 31.0 Å². The maximum Gasteiger partial charge on any atom is 0.224 e. The molecule has 0 unspecified atom stereocenters. The van der Waals surface area contributed by atoms with Gasteiger partial charge in [-0.3, -0.25) is 9.59 Å². The van der Waals surface area contributed by atoms with Crippen molar-refractivity contribution in [3.63, 3.8) is 0 Å². The van der Waals surface area contributed by atoms with Crippen molar-refractivity contribution >= 4 is 11.7 Å². The molecule has 1 atom stereocenters. The van der Waals surface area contributed by atoms with Gasteiger partial charge in [0.25, 0.3) is 0 Å². The number of hydrogen-bond donors (Lipinski definition) is 0. The van der Waals surface area contributed by atoms with Gasteiger partial charge < -0.3 is 14.2 Å². The lowest BCUT2D eigenvalue weighted by Crippen LogP contribution is -2.42. The Morgan fingerprint density at radius 2 is 2.18 bits per heavy atom. The number of carbonyl (C=O) groups is 2. The highest BCUT2D eigenvalue weighted by molar-refractivity contribution is 6.00. The number of benzene rings is 1. The van der Waals surface area contributed by atoms with Gasteiger partial charge in [-0.2, -0.15) is 0 Å². The van der Waals surface area contributed by atoms with Crippen LogP contribution in [0.5, 0.6) is 5.75 Å². The Hall–Kier alpha value is -2.70. The minimum Gasteiger partial charge on any atom is -0.496 e. The molecule has 1 aromatic heterocycles. The number of hydrogen-bond acceptors (Lipinski definition) is 4. The van der Waals surface area contributed by atoms with Crippen LogP contribution in [0.3, 0.4) is 0 Å². The van der Waals surface area contributed by atoms with E-state index in [1.807, 2.05) is 17.7 Å². The largest absolute Gasteiger partial charge is 0.496 e.